The molecule has 0 saturated carbocycles. The Morgan fingerprint density at radius 1 is 1.50 bits per heavy atom. The van der Waals surface area contributed by atoms with Gasteiger partial charge in [0.15, 0.2) is 5.82 Å². The summed E-state index contributed by atoms with van der Waals surface area (Å²) in [4.78, 5) is 6.54. The molecule has 1 aromatic rings. The van der Waals surface area contributed by atoms with E-state index in [-0.39, 0.29) is 0 Å². The molecule has 0 aliphatic heterocycles. The number of nitrogens with zero attached hydrogens (tertiary/aromatic N) is 3. The van der Waals surface area contributed by atoms with Gasteiger partial charge in [-0.25, -0.2) is 0 Å². The average molecular weight is 226 g/mol. The molecule has 1 N–H and O–H groups in total. The number of aromatic nitrogens is 2. The van der Waals surface area contributed by atoms with Crippen molar-refractivity contribution in [2.45, 2.75) is 39.3 Å². The molecule has 0 saturated heterocycles. The van der Waals surface area contributed by atoms with Crippen molar-refractivity contribution in [3.8, 4) is 0 Å². The minimum Gasteiger partial charge on any atom is -0.338 e. The van der Waals surface area contributed by atoms with Crippen LogP contribution in [0.15, 0.2) is 4.52 Å². The van der Waals surface area contributed by atoms with Gasteiger partial charge in [0.2, 0.25) is 5.89 Å². The van der Waals surface area contributed by atoms with Crippen LogP contribution in [0.3, 0.4) is 0 Å². The molecule has 1 rings (SSSR count). The largest absolute Gasteiger partial charge is 0.338 e. The van der Waals surface area contributed by atoms with Gasteiger partial charge in [-0.3, -0.25) is 4.90 Å². The summed E-state index contributed by atoms with van der Waals surface area (Å²) >= 11 is 0. The Kier molecular flexibility index (Phi) is 5.42. The van der Waals surface area contributed by atoms with Gasteiger partial charge in [0.25, 0.3) is 0 Å². The van der Waals surface area contributed by atoms with Gasteiger partial charge < -0.3 is 9.84 Å². The van der Waals surface area contributed by atoms with Gasteiger partial charge in [0.1, 0.15) is 0 Å². The lowest BCUT2D eigenvalue weighted by atomic mass is 10.2. The highest BCUT2D eigenvalue weighted by Gasteiger charge is 2.10. The highest BCUT2D eigenvalue weighted by Crippen LogP contribution is 2.03. The maximum absolute atomic E-state index is 5.20. The van der Waals surface area contributed by atoms with E-state index in [1.54, 1.807) is 0 Å². The van der Waals surface area contributed by atoms with Crippen LogP contribution in [0.2, 0.25) is 0 Å². The first-order chi connectivity index (χ1) is 7.65. The van der Waals surface area contributed by atoms with E-state index in [2.05, 4.69) is 41.3 Å². The Bertz CT molecular complexity index is 300. The maximum atomic E-state index is 5.20. The average Bonchev–Trinajstić information content (AvgIpc) is 2.65. The first-order valence-electron chi connectivity index (χ1n) is 5.83. The third-order valence-corrected chi connectivity index (χ3v) is 2.50. The van der Waals surface area contributed by atoms with E-state index < -0.39 is 0 Å². The lowest BCUT2D eigenvalue weighted by molar-refractivity contribution is 0.266. The van der Waals surface area contributed by atoms with Gasteiger partial charge in [-0.15, -0.1) is 0 Å². The van der Waals surface area contributed by atoms with Crippen LogP contribution >= 0.6 is 0 Å². The maximum Gasteiger partial charge on any atom is 0.240 e. The molecule has 1 heterocycles. The third kappa shape index (κ3) is 4.28. The van der Waals surface area contributed by atoms with Crippen molar-refractivity contribution < 1.29 is 4.52 Å². The summed E-state index contributed by atoms with van der Waals surface area (Å²) in [7, 11) is 3.99. The molecule has 0 fully saturated rings. The fourth-order valence-electron chi connectivity index (χ4n) is 1.50. The molecule has 5 nitrogen and oxygen atoms in total. The van der Waals surface area contributed by atoms with Crippen LogP contribution in [0.4, 0.5) is 0 Å². The van der Waals surface area contributed by atoms with Gasteiger partial charge >= 0.3 is 0 Å². The summed E-state index contributed by atoms with van der Waals surface area (Å²) in [5.41, 5.74) is 0. The van der Waals surface area contributed by atoms with Crippen molar-refractivity contribution in [3.05, 3.63) is 11.7 Å². The van der Waals surface area contributed by atoms with E-state index in [1.807, 2.05) is 7.05 Å². The predicted molar refractivity (Wildman–Crippen MR) is 63.1 cm³/mol. The van der Waals surface area contributed by atoms with Gasteiger partial charge in [0, 0.05) is 12.5 Å². The number of nitrogens with one attached hydrogen (secondary N) is 1. The van der Waals surface area contributed by atoms with Crippen molar-refractivity contribution in [2.24, 2.45) is 0 Å². The quantitative estimate of drug-likeness (QED) is 0.753. The Labute approximate surface area is 97.2 Å². The standard InChI is InChI=1S/C11H22N4O/c1-5-6-15(4)8-11-13-10(14-16-11)7-9(2)12-3/h9,12H,5-8H2,1-4H3. The van der Waals surface area contributed by atoms with Gasteiger partial charge in [0.05, 0.1) is 6.54 Å². The smallest absolute Gasteiger partial charge is 0.240 e. The van der Waals surface area contributed by atoms with Crippen molar-refractivity contribution in [3.63, 3.8) is 0 Å². The van der Waals surface area contributed by atoms with E-state index in [9.17, 15) is 0 Å². The molecule has 0 bridgehead atoms. The molecule has 1 aromatic heterocycles. The van der Waals surface area contributed by atoms with Crippen LogP contribution in [-0.2, 0) is 13.0 Å². The molecular weight excluding hydrogens is 204 g/mol. The normalized spacial score (nSPS) is 13.3. The van der Waals surface area contributed by atoms with E-state index in [0.717, 1.165) is 31.8 Å². The Balaban J connectivity index is 2.44. The second-order valence-electron chi connectivity index (χ2n) is 4.24. The van der Waals surface area contributed by atoms with Crippen molar-refractivity contribution in [1.82, 2.24) is 20.4 Å². The molecule has 0 spiro atoms. The van der Waals surface area contributed by atoms with E-state index in [0.29, 0.717) is 11.9 Å². The zero-order chi connectivity index (χ0) is 12.0. The first kappa shape index (κ1) is 13.1. The molecule has 0 aliphatic rings. The summed E-state index contributed by atoms with van der Waals surface area (Å²) in [6, 6.07) is 0.374. The lowest BCUT2D eigenvalue weighted by Crippen LogP contribution is -2.24. The lowest BCUT2D eigenvalue weighted by Gasteiger charge is -2.11. The predicted octanol–water partition coefficient (Wildman–Crippen LogP) is 1.06. The van der Waals surface area contributed by atoms with Crippen LogP contribution in [0.1, 0.15) is 32.0 Å². The monoisotopic (exact) mass is 226 g/mol. The number of rotatable bonds is 7. The summed E-state index contributed by atoms with van der Waals surface area (Å²) < 4.78 is 5.20. The van der Waals surface area contributed by atoms with Crippen LogP contribution in [0.5, 0.6) is 0 Å². The minimum absolute atomic E-state index is 0.374. The summed E-state index contributed by atoms with van der Waals surface area (Å²) in [6.07, 6.45) is 1.94. The molecule has 0 aliphatic carbocycles. The Morgan fingerprint density at radius 2 is 2.25 bits per heavy atom. The van der Waals surface area contributed by atoms with Crippen molar-refractivity contribution in [2.75, 3.05) is 20.6 Å². The second-order valence-corrected chi connectivity index (χ2v) is 4.24. The summed E-state index contributed by atoms with van der Waals surface area (Å²) in [5, 5.41) is 7.12. The third-order valence-electron chi connectivity index (χ3n) is 2.50. The SMILES string of the molecule is CCCN(C)Cc1nc(CC(C)NC)no1. The molecule has 0 aromatic carbocycles. The fraction of sp³-hybridized carbons (Fsp3) is 0.818. The van der Waals surface area contributed by atoms with E-state index in [4.69, 9.17) is 4.52 Å². The number of likely N-dealkylation sites (N-methyl/N-ethyl adjacent to an activating group) is 1. The van der Waals surface area contributed by atoms with E-state index >= 15 is 0 Å². The molecule has 0 radical (unpaired) electrons. The number of hydrogen-bond acceptors (Lipinski definition) is 5. The van der Waals surface area contributed by atoms with E-state index in [1.165, 1.54) is 0 Å². The van der Waals surface area contributed by atoms with Crippen LogP contribution in [0, 0.1) is 0 Å². The van der Waals surface area contributed by atoms with Crippen LogP contribution < -0.4 is 5.32 Å². The molecule has 16 heavy (non-hydrogen) atoms. The van der Waals surface area contributed by atoms with Gasteiger partial charge in [-0.2, -0.15) is 4.98 Å². The highest BCUT2D eigenvalue weighted by atomic mass is 16.5. The molecule has 1 atom stereocenters. The fourth-order valence-corrected chi connectivity index (χ4v) is 1.50. The van der Waals surface area contributed by atoms with Crippen molar-refractivity contribution >= 4 is 0 Å². The molecule has 92 valence electrons. The minimum atomic E-state index is 0.374. The summed E-state index contributed by atoms with van der Waals surface area (Å²) in [6.45, 7) is 6.03. The Morgan fingerprint density at radius 3 is 2.88 bits per heavy atom. The van der Waals surface area contributed by atoms with Gasteiger partial charge in [-0.1, -0.05) is 12.1 Å². The zero-order valence-electron chi connectivity index (χ0n) is 10.7. The summed E-state index contributed by atoms with van der Waals surface area (Å²) in [5.74, 6) is 1.48. The van der Waals surface area contributed by atoms with Gasteiger partial charge in [-0.05, 0) is 34.0 Å². The van der Waals surface area contributed by atoms with Crippen molar-refractivity contribution in [1.29, 1.82) is 0 Å². The molecule has 0 amide bonds. The zero-order valence-corrected chi connectivity index (χ0v) is 10.7. The highest BCUT2D eigenvalue weighted by molar-refractivity contribution is 4.89. The van der Waals surface area contributed by atoms with Crippen LogP contribution in [0.25, 0.3) is 0 Å². The molecule has 5 heteroatoms. The molecule has 1 unspecified atom stereocenters. The topological polar surface area (TPSA) is 54.2 Å². The van der Waals surface area contributed by atoms with Crippen LogP contribution in [-0.4, -0.2) is 41.7 Å². The number of hydrogen-bond donors (Lipinski definition) is 1. The molecular formula is C11H22N4O. The first-order valence-corrected chi connectivity index (χ1v) is 5.83. The Hall–Kier alpha value is -0.940. The second kappa shape index (κ2) is 6.60.